The first-order valence-corrected chi connectivity index (χ1v) is 6.79. The van der Waals surface area contributed by atoms with Crippen LogP contribution < -0.4 is 0 Å². The van der Waals surface area contributed by atoms with Gasteiger partial charge in [-0.15, -0.1) is 0 Å². The zero-order valence-electron chi connectivity index (χ0n) is 9.56. The molecule has 0 aromatic heterocycles. The molecule has 2 aromatic carbocycles. The summed E-state index contributed by atoms with van der Waals surface area (Å²) >= 11 is 2.19. The van der Waals surface area contributed by atoms with Gasteiger partial charge >= 0.3 is 5.97 Å². The molecule has 2 aromatic rings. The van der Waals surface area contributed by atoms with Crippen molar-refractivity contribution in [3.05, 3.63) is 45.5 Å². The van der Waals surface area contributed by atoms with Crippen molar-refractivity contribution in [2.75, 3.05) is 13.2 Å². The van der Waals surface area contributed by atoms with E-state index in [0.717, 1.165) is 14.3 Å². The zero-order valence-corrected chi connectivity index (χ0v) is 11.7. The Morgan fingerprint density at radius 2 is 2.11 bits per heavy atom. The first kappa shape index (κ1) is 11.9. The van der Waals surface area contributed by atoms with Gasteiger partial charge in [0.15, 0.2) is 0 Å². The van der Waals surface area contributed by atoms with Crippen molar-refractivity contribution >= 4 is 39.3 Å². The second-order valence-electron chi connectivity index (χ2n) is 4.20. The fourth-order valence-corrected chi connectivity index (χ4v) is 2.69. The third-order valence-corrected chi connectivity index (χ3v) is 4.05. The van der Waals surface area contributed by atoms with E-state index in [1.807, 2.05) is 36.4 Å². The maximum atomic E-state index is 12.0. The molecule has 0 bridgehead atoms. The van der Waals surface area contributed by atoms with Gasteiger partial charge in [0.2, 0.25) is 0 Å². The number of carbonyl (C=O) groups excluding carboxylic acids is 1. The summed E-state index contributed by atoms with van der Waals surface area (Å²) in [5.41, 5.74) is 0.620. The molecule has 1 saturated heterocycles. The van der Waals surface area contributed by atoms with Crippen LogP contribution in [0.15, 0.2) is 36.4 Å². The van der Waals surface area contributed by atoms with Crippen LogP contribution in [0.1, 0.15) is 10.4 Å². The standard InChI is InChI=1S/C14H11IO3/c15-13-11-4-2-1-3-9(11)5-6-12(13)14(16)18-8-10-7-17-10/h1-6,10H,7-8H2. The van der Waals surface area contributed by atoms with E-state index >= 15 is 0 Å². The van der Waals surface area contributed by atoms with Crippen LogP contribution in [0.2, 0.25) is 0 Å². The van der Waals surface area contributed by atoms with Gasteiger partial charge in [0.25, 0.3) is 0 Å². The number of esters is 1. The Hall–Kier alpha value is -1.14. The number of epoxide rings is 1. The van der Waals surface area contributed by atoms with Crippen molar-refractivity contribution in [1.29, 1.82) is 0 Å². The summed E-state index contributed by atoms with van der Waals surface area (Å²) in [4.78, 5) is 12.0. The molecule has 0 amide bonds. The van der Waals surface area contributed by atoms with E-state index in [1.54, 1.807) is 0 Å². The molecule has 18 heavy (non-hydrogen) atoms. The summed E-state index contributed by atoms with van der Waals surface area (Å²) in [5, 5.41) is 2.21. The monoisotopic (exact) mass is 354 g/mol. The molecule has 0 spiro atoms. The number of carbonyl (C=O) groups is 1. The van der Waals surface area contributed by atoms with Crippen LogP contribution in [-0.2, 0) is 9.47 Å². The Balaban J connectivity index is 1.90. The Labute approximate surface area is 118 Å². The fourth-order valence-electron chi connectivity index (χ4n) is 1.80. The molecule has 92 valence electrons. The molecule has 0 saturated carbocycles. The lowest BCUT2D eigenvalue weighted by Gasteiger charge is -2.07. The van der Waals surface area contributed by atoms with Crippen molar-refractivity contribution in [3.8, 4) is 0 Å². The molecule has 0 N–H and O–H groups in total. The number of hydrogen-bond donors (Lipinski definition) is 0. The number of halogens is 1. The van der Waals surface area contributed by atoms with Crippen molar-refractivity contribution in [1.82, 2.24) is 0 Å². The Bertz CT molecular complexity index is 605. The van der Waals surface area contributed by atoms with E-state index in [-0.39, 0.29) is 12.1 Å². The molecule has 1 aliphatic rings. The maximum absolute atomic E-state index is 12.0. The molecule has 4 heteroatoms. The van der Waals surface area contributed by atoms with Crippen LogP contribution >= 0.6 is 22.6 Å². The summed E-state index contributed by atoms with van der Waals surface area (Å²) in [6.07, 6.45) is 0.104. The summed E-state index contributed by atoms with van der Waals surface area (Å²) in [6.45, 7) is 1.05. The molecule has 1 atom stereocenters. The molecule has 3 nitrogen and oxygen atoms in total. The minimum Gasteiger partial charge on any atom is -0.459 e. The van der Waals surface area contributed by atoms with E-state index in [2.05, 4.69) is 22.6 Å². The van der Waals surface area contributed by atoms with Gasteiger partial charge in [-0.3, -0.25) is 0 Å². The van der Waals surface area contributed by atoms with Gasteiger partial charge in [-0.2, -0.15) is 0 Å². The van der Waals surface area contributed by atoms with Gasteiger partial charge in [-0.25, -0.2) is 4.79 Å². The van der Waals surface area contributed by atoms with Crippen LogP contribution in [0, 0.1) is 3.57 Å². The topological polar surface area (TPSA) is 38.8 Å². The number of fused-ring (bicyclic) bond motifs is 1. The van der Waals surface area contributed by atoms with Crippen LogP contribution in [0.25, 0.3) is 10.8 Å². The molecule has 1 unspecified atom stereocenters. The van der Waals surface area contributed by atoms with Gasteiger partial charge in [0.1, 0.15) is 12.7 Å². The molecule has 1 heterocycles. The lowest BCUT2D eigenvalue weighted by atomic mass is 10.1. The van der Waals surface area contributed by atoms with Crippen LogP contribution in [0.3, 0.4) is 0 Å². The molecule has 1 fully saturated rings. The maximum Gasteiger partial charge on any atom is 0.339 e. The summed E-state index contributed by atoms with van der Waals surface area (Å²) in [7, 11) is 0. The molecule has 1 aliphatic heterocycles. The zero-order chi connectivity index (χ0) is 12.5. The second-order valence-corrected chi connectivity index (χ2v) is 5.28. The highest BCUT2D eigenvalue weighted by molar-refractivity contribution is 14.1. The lowest BCUT2D eigenvalue weighted by molar-refractivity contribution is 0.0475. The minimum atomic E-state index is -0.277. The van der Waals surface area contributed by atoms with E-state index < -0.39 is 0 Å². The predicted molar refractivity (Wildman–Crippen MR) is 76.7 cm³/mol. The number of benzene rings is 2. The highest BCUT2D eigenvalue weighted by Gasteiger charge is 2.25. The fraction of sp³-hybridized carbons (Fsp3) is 0.214. The van der Waals surface area contributed by atoms with Gasteiger partial charge in [0.05, 0.1) is 12.2 Å². The smallest absolute Gasteiger partial charge is 0.339 e. The highest BCUT2D eigenvalue weighted by atomic mass is 127. The largest absolute Gasteiger partial charge is 0.459 e. The average molecular weight is 354 g/mol. The number of ether oxygens (including phenoxy) is 2. The Morgan fingerprint density at radius 1 is 1.33 bits per heavy atom. The quantitative estimate of drug-likeness (QED) is 0.483. The van der Waals surface area contributed by atoms with Gasteiger partial charge in [-0.1, -0.05) is 30.3 Å². The summed E-state index contributed by atoms with van der Waals surface area (Å²) in [5.74, 6) is -0.277. The molecule has 0 radical (unpaired) electrons. The van der Waals surface area contributed by atoms with Crippen LogP contribution in [0.5, 0.6) is 0 Å². The van der Waals surface area contributed by atoms with Gasteiger partial charge in [-0.05, 0) is 39.4 Å². The molecular formula is C14H11IO3. The summed E-state index contributed by atoms with van der Waals surface area (Å²) in [6, 6.07) is 11.8. The van der Waals surface area contributed by atoms with Gasteiger partial charge < -0.3 is 9.47 Å². The van der Waals surface area contributed by atoms with Crippen LogP contribution in [0.4, 0.5) is 0 Å². The lowest BCUT2D eigenvalue weighted by Crippen LogP contribution is -2.11. The molecule has 0 aliphatic carbocycles. The number of hydrogen-bond acceptors (Lipinski definition) is 3. The van der Waals surface area contributed by atoms with E-state index in [0.29, 0.717) is 18.8 Å². The SMILES string of the molecule is O=C(OCC1CO1)c1ccc2ccccc2c1I. The predicted octanol–water partition coefficient (Wildman–Crippen LogP) is 3.00. The molecule has 3 rings (SSSR count). The first-order valence-electron chi connectivity index (χ1n) is 5.71. The summed E-state index contributed by atoms with van der Waals surface area (Å²) < 4.78 is 11.2. The highest BCUT2D eigenvalue weighted by Crippen LogP contribution is 2.25. The first-order chi connectivity index (χ1) is 8.75. The third-order valence-electron chi connectivity index (χ3n) is 2.89. The third kappa shape index (κ3) is 2.35. The van der Waals surface area contributed by atoms with Crippen molar-refractivity contribution < 1.29 is 14.3 Å². The second kappa shape index (κ2) is 4.85. The van der Waals surface area contributed by atoms with E-state index in [4.69, 9.17) is 9.47 Å². The minimum absolute atomic E-state index is 0.104. The van der Waals surface area contributed by atoms with Crippen molar-refractivity contribution in [3.63, 3.8) is 0 Å². The van der Waals surface area contributed by atoms with Crippen molar-refractivity contribution in [2.45, 2.75) is 6.10 Å². The van der Waals surface area contributed by atoms with Gasteiger partial charge in [0, 0.05) is 3.57 Å². The number of rotatable bonds is 3. The average Bonchev–Trinajstić information content (AvgIpc) is 3.21. The van der Waals surface area contributed by atoms with Crippen molar-refractivity contribution in [2.24, 2.45) is 0 Å². The Morgan fingerprint density at radius 3 is 2.89 bits per heavy atom. The van der Waals surface area contributed by atoms with Crippen LogP contribution in [-0.4, -0.2) is 25.3 Å². The molecular weight excluding hydrogens is 343 g/mol. The van der Waals surface area contributed by atoms with E-state index in [9.17, 15) is 4.79 Å². The normalized spacial score (nSPS) is 17.7. The Kier molecular flexibility index (Phi) is 3.22. The van der Waals surface area contributed by atoms with E-state index in [1.165, 1.54) is 0 Å².